The second-order valence-electron chi connectivity index (χ2n) is 5.69. The van der Waals surface area contributed by atoms with Crippen LogP contribution in [0, 0.1) is 11.3 Å². The number of piperidine rings is 1. The van der Waals surface area contributed by atoms with Crippen molar-refractivity contribution in [2.75, 3.05) is 18.0 Å². The van der Waals surface area contributed by atoms with Gasteiger partial charge in [-0.3, -0.25) is 9.59 Å². The second-order valence-corrected chi connectivity index (χ2v) is 5.69. The molecule has 3 rings (SSSR count). The number of carbonyl (C=O) groups excluding carboxylic acids is 1. The Kier molecular flexibility index (Phi) is 4.57. The van der Waals surface area contributed by atoms with Gasteiger partial charge < -0.3 is 15.2 Å². The van der Waals surface area contributed by atoms with E-state index in [1.54, 1.807) is 30.5 Å². The number of hydrogen-bond acceptors (Lipinski definition) is 5. The maximum Gasteiger partial charge on any atom is 0.290 e. The molecule has 0 bridgehead atoms. The lowest BCUT2D eigenvalue weighted by Gasteiger charge is -2.33. The van der Waals surface area contributed by atoms with Crippen molar-refractivity contribution in [1.29, 1.82) is 5.26 Å². The van der Waals surface area contributed by atoms with Gasteiger partial charge in [-0.05, 0) is 31.0 Å². The van der Waals surface area contributed by atoms with Gasteiger partial charge in [-0.2, -0.15) is 5.26 Å². The number of H-pyrrole nitrogens is 1. The smallest absolute Gasteiger partial charge is 0.290 e. The summed E-state index contributed by atoms with van der Waals surface area (Å²) in [6.07, 6.45) is 4.74. The van der Waals surface area contributed by atoms with Crippen LogP contribution < -0.4 is 15.8 Å². The largest absolute Gasteiger partial charge is 0.350 e. The van der Waals surface area contributed by atoms with Gasteiger partial charge in [0, 0.05) is 37.1 Å². The maximum absolute atomic E-state index is 12.4. The molecule has 0 spiro atoms. The summed E-state index contributed by atoms with van der Waals surface area (Å²) in [5.41, 5.74) is 0.681. The van der Waals surface area contributed by atoms with Crippen molar-refractivity contribution < 1.29 is 4.79 Å². The molecule has 1 aliphatic rings. The molecule has 24 heavy (non-hydrogen) atoms. The number of nitrogens with zero attached hydrogens (tertiary/aromatic N) is 3. The van der Waals surface area contributed by atoms with Crippen molar-refractivity contribution in [3.05, 3.63) is 58.1 Å². The summed E-state index contributed by atoms with van der Waals surface area (Å²) in [6, 6.07) is 8.55. The fourth-order valence-corrected chi connectivity index (χ4v) is 2.86. The molecule has 2 heterocycles. The Balaban J connectivity index is 1.69. The summed E-state index contributed by atoms with van der Waals surface area (Å²) in [4.78, 5) is 32.9. The van der Waals surface area contributed by atoms with E-state index >= 15 is 0 Å². The number of carbonyl (C=O) groups is 1. The Labute approximate surface area is 139 Å². The van der Waals surface area contributed by atoms with Crippen LogP contribution in [0.2, 0.25) is 0 Å². The molecule has 0 radical (unpaired) electrons. The lowest BCUT2D eigenvalue weighted by molar-refractivity contribution is 0.0933. The minimum Gasteiger partial charge on any atom is -0.350 e. The Morgan fingerprint density at radius 1 is 1.46 bits per heavy atom. The third-order valence-electron chi connectivity index (χ3n) is 4.00. The number of nitriles is 1. The molecule has 1 unspecified atom stereocenters. The van der Waals surface area contributed by atoms with Crippen LogP contribution in [0.5, 0.6) is 0 Å². The quantitative estimate of drug-likeness (QED) is 0.879. The van der Waals surface area contributed by atoms with Crippen molar-refractivity contribution in [2.45, 2.75) is 18.9 Å². The Morgan fingerprint density at radius 3 is 3.12 bits per heavy atom. The van der Waals surface area contributed by atoms with Crippen LogP contribution in [-0.4, -0.2) is 35.0 Å². The number of hydrogen-bond donors (Lipinski definition) is 2. The second kappa shape index (κ2) is 6.96. The van der Waals surface area contributed by atoms with Gasteiger partial charge in [0.05, 0.1) is 11.6 Å². The van der Waals surface area contributed by atoms with Crippen molar-refractivity contribution >= 4 is 11.7 Å². The number of nitrogens with one attached hydrogen (secondary N) is 2. The molecule has 122 valence electrons. The van der Waals surface area contributed by atoms with Crippen LogP contribution in [0.15, 0.2) is 41.5 Å². The van der Waals surface area contributed by atoms with E-state index in [9.17, 15) is 9.59 Å². The van der Waals surface area contributed by atoms with Gasteiger partial charge in [0.25, 0.3) is 11.5 Å². The van der Waals surface area contributed by atoms with E-state index in [0.717, 1.165) is 19.4 Å². The zero-order chi connectivity index (χ0) is 16.9. The van der Waals surface area contributed by atoms with E-state index in [1.165, 1.54) is 6.20 Å². The summed E-state index contributed by atoms with van der Waals surface area (Å²) < 4.78 is 0. The minimum atomic E-state index is -0.230. The highest BCUT2D eigenvalue weighted by molar-refractivity contribution is 5.94. The highest BCUT2D eigenvalue weighted by atomic mass is 16.1. The van der Waals surface area contributed by atoms with E-state index in [2.05, 4.69) is 15.3 Å². The fraction of sp³-hybridized carbons (Fsp3) is 0.294. The maximum atomic E-state index is 12.4. The molecule has 1 saturated heterocycles. The summed E-state index contributed by atoms with van der Waals surface area (Å²) in [5, 5.41) is 11.9. The van der Waals surface area contributed by atoms with Gasteiger partial charge in [-0.25, -0.2) is 4.98 Å². The van der Waals surface area contributed by atoms with Crippen LogP contribution in [0.1, 0.15) is 28.8 Å². The molecule has 7 nitrogen and oxygen atoms in total. The van der Waals surface area contributed by atoms with E-state index in [1.807, 2.05) is 11.0 Å². The number of aromatic nitrogens is 2. The number of anilines is 1. The zero-order valence-electron chi connectivity index (χ0n) is 13.0. The standard InChI is InChI=1S/C17H17N5O2/c18-10-12-3-1-4-13(9-12)16(23)21-14-5-2-8-22(11-14)15-17(24)20-7-6-19-15/h1,3-4,6-7,9,14H,2,5,8,11H2,(H,20,24)(H,21,23). The normalized spacial score (nSPS) is 17.1. The molecule has 2 N–H and O–H groups in total. The third kappa shape index (κ3) is 3.43. The van der Waals surface area contributed by atoms with E-state index in [-0.39, 0.29) is 17.5 Å². The van der Waals surface area contributed by atoms with E-state index < -0.39 is 0 Å². The van der Waals surface area contributed by atoms with Gasteiger partial charge in [0.1, 0.15) is 0 Å². The first-order valence-electron chi connectivity index (χ1n) is 7.77. The van der Waals surface area contributed by atoms with Crippen molar-refractivity contribution in [3.8, 4) is 6.07 Å². The number of aromatic amines is 1. The molecule has 1 fully saturated rings. The van der Waals surface area contributed by atoms with Crippen LogP contribution >= 0.6 is 0 Å². The minimum absolute atomic E-state index is 0.0709. The Hall–Kier alpha value is -3.14. The molecule has 7 heteroatoms. The van der Waals surface area contributed by atoms with Crippen LogP contribution in [0.4, 0.5) is 5.82 Å². The molecule has 0 saturated carbocycles. The highest BCUT2D eigenvalue weighted by Crippen LogP contribution is 2.15. The molecule has 1 aromatic carbocycles. The molecular weight excluding hydrogens is 306 g/mol. The SMILES string of the molecule is N#Cc1cccc(C(=O)NC2CCCN(c3ncc[nH]c3=O)C2)c1. The molecule has 2 aromatic rings. The van der Waals surface area contributed by atoms with Crippen LogP contribution in [0.3, 0.4) is 0 Å². The first kappa shape index (κ1) is 15.7. The molecule has 1 atom stereocenters. The number of amides is 1. The van der Waals surface area contributed by atoms with Gasteiger partial charge in [-0.1, -0.05) is 6.07 Å². The zero-order valence-corrected chi connectivity index (χ0v) is 13.0. The van der Waals surface area contributed by atoms with Crippen LogP contribution in [-0.2, 0) is 0 Å². The molecule has 1 amide bonds. The first-order valence-corrected chi connectivity index (χ1v) is 7.77. The van der Waals surface area contributed by atoms with Crippen molar-refractivity contribution in [3.63, 3.8) is 0 Å². The van der Waals surface area contributed by atoms with Gasteiger partial charge in [-0.15, -0.1) is 0 Å². The lowest BCUT2D eigenvalue weighted by atomic mass is 10.0. The average molecular weight is 323 g/mol. The molecule has 1 aromatic heterocycles. The molecular formula is C17H17N5O2. The summed E-state index contributed by atoms with van der Waals surface area (Å²) in [5.74, 6) is 0.164. The predicted molar refractivity (Wildman–Crippen MR) is 88.7 cm³/mol. The molecule has 0 aliphatic carbocycles. The van der Waals surface area contributed by atoms with Crippen molar-refractivity contribution in [1.82, 2.24) is 15.3 Å². The van der Waals surface area contributed by atoms with Gasteiger partial charge in [0.15, 0.2) is 5.82 Å². The fourth-order valence-electron chi connectivity index (χ4n) is 2.86. The number of rotatable bonds is 3. The summed E-state index contributed by atoms with van der Waals surface area (Å²) in [7, 11) is 0. The Bertz CT molecular complexity index is 839. The third-order valence-corrected chi connectivity index (χ3v) is 4.00. The topological polar surface area (TPSA) is 102 Å². The summed E-state index contributed by atoms with van der Waals surface area (Å²) in [6.45, 7) is 1.26. The van der Waals surface area contributed by atoms with Crippen LogP contribution in [0.25, 0.3) is 0 Å². The van der Waals surface area contributed by atoms with Gasteiger partial charge >= 0.3 is 0 Å². The lowest BCUT2D eigenvalue weighted by Crippen LogP contribution is -2.49. The van der Waals surface area contributed by atoms with E-state index in [0.29, 0.717) is 23.5 Å². The van der Waals surface area contributed by atoms with E-state index in [4.69, 9.17) is 5.26 Å². The number of benzene rings is 1. The molecule has 1 aliphatic heterocycles. The monoisotopic (exact) mass is 323 g/mol. The van der Waals surface area contributed by atoms with Gasteiger partial charge in [0.2, 0.25) is 0 Å². The Morgan fingerprint density at radius 2 is 2.33 bits per heavy atom. The van der Waals surface area contributed by atoms with Crippen molar-refractivity contribution in [2.24, 2.45) is 0 Å². The predicted octanol–water partition coefficient (Wildman–Crippen LogP) is 1.04. The first-order chi connectivity index (χ1) is 11.7. The highest BCUT2D eigenvalue weighted by Gasteiger charge is 2.24. The summed E-state index contributed by atoms with van der Waals surface area (Å²) >= 11 is 0. The average Bonchev–Trinajstić information content (AvgIpc) is 2.62.